The smallest absolute Gasteiger partial charge is 0.368 e. The minimum Gasteiger partial charge on any atom is -0.368 e. The fraction of sp³-hybridized carbons (Fsp3) is 0.294. The fourth-order valence-corrected chi connectivity index (χ4v) is 3.83. The van der Waals surface area contributed by atoms with Gasteiger partial charge in [0.05, 0.1) is 10.6 Å². The lowest BCUT2D eigenvalue weighted by molar-refractivity contribution is -0.137. The highest BCUT2D eigenvalue weighted by atomic mass is 35.5. The van der Waals surface area contributed by atoms with Crippen molar-refractivity contribution in [3.8, 4) is 0 Å². The average Bonchev–Trinajstić information content (AvgIpc) is 2.65. The van der Waals surface area contributed by atoms with Crippen molar-refractivity contribution < 1.29 is 26.4 Å². The normalized spacial score (nSPS) is 11.9. The van der Waals surface area contributed by atoms with E-state index in [1.165, 1.54) is 30.5 Å². The van der Waals surface area contributed by atoms with E-state index in [-0.39, 0.29) is 41.8 Å². The van der Waals surface area contributed by atoms with Crippen LogP contribution >= 0.6 is 11.6 Å². The molecule has 0 saturated heterocycles. The second kappa shape index (κ2) is 9.90. The number of rotatable bonds is 9. The number of halogens is 4. The van der Waals surface area contributed by atoms with Crippen molar-refractivity contribution in [3.05, 3.63) is 53.2 Å². The van der Waals surface area contributed by atoms with Crippen LogP contribution in [-0.4, -0.2) is 38.9 Å². The molecule has 0 radical (unpaired) electrons. The molecule has 1 amide bonds. The van der Waals surface area contributed by atoms with Gasteiger partial charge in [0, 0.05) is 32.3 Å². The van der Waals surface area contributed by atoms with Crippen molar-refractivity contribution in [2.45, 2.75) is 17.5 Å². The molecule has 0 saturated carbocycles. The van der Waals surface area contributed by atoms with E-state index in [2.05, 4.69) is 20.3 Å². The number of carbonyl (C=O) groups is 1. The molecular weight excluding hydrogens is 433 g/mol. The number of hydrogen-bond acceptors (Lipinski definition) is 5. The van der Waals surface area contributed by atoms with Gasteiger partial charge in [0.25, 0.3) is 0 Å². The molecule has 7 nitrogen and oxygen atoms in total. The van der Waals surface area contributed by atoms with E-state index in [9.17, 15) is 26.4 Å². The Hall–Kier alpha value is -2.37. The van der Waals surface area contributed by atoms with Crippen molar-refractivity contribution in [2.75, 3.05) is 25.0 Å². The first-order chi connectivity index (χ1) is 13.6. The monoisotopic (exact) mass is 450 g/mol. The Morgan fingerprint density at radius 3 is 2.48 bits per heavy atom. The molecule has 0 atom stereocenters. The zero-order valence-electron chi connectivity index (χ0n) is 15.0. The summed E-state index contributed by atoms with van der Waals surface area (Å²) in [5.74, 6) is -0.799. The number of hydrogen-bond donors (Lipinski definition) is 3. The summed E-state index contributed by atoms with van der Waals surface area (Å²) in [6, 6.07) is 7.96. The van der Waals surface area contributed by atoms with Crippen LogP contribution in [-0.2, 0) is 21.0 Å². The maximum atomic E-state index is 12.9. The van der Waals surface area contributed by atoms with Crippen molar-refractivity contribution in [2.24, 2.45) is 0 Å². The van der Waals surface area contributed by atoms with Crippen LogP contribution in [0.15, 0.2) is 47.5 Å². The third-order valence-electron chi connectivity index (χ3n) is 3.62. The zero-order chi connectivity index (χ0) is 21.5. The SMILES string of the molecule is O=C(CCNS(=O)(=O)c1ccccc1Cl)NCCNc1ncccc1C(F)(F)F. The summed E-state index contributed by atoms with van der Waals surface area (Å²) in [4.78, 5) is 15.3. The van der Waals surface area contributed by atoms with Gasteiger partial charge in [0.15, 0.2) is 0 Å². The van der Waals surface area contributed by atoms with Gasteiger partial charge in [-0.25, -0.2) is 18.1 Å². The van der Waals surface area contributed by atoms with Crippen LogP contribution in [0.5, 0.6) is 0 Å². The number of alkyl halides is 3. The van der Waals surface area contributed by atoms with E-state index in [0.29, 0.717) is 0 Å². The molecule has 0 bridgehead atoms. The summed E-state index contributed by atoms with van der Waals surface area (Å²) in [6.07, 6.45) is -3.47. The van der Waals surface area contributed by atoms with E-state index in [0.717, 1.165) is 6.07 Å². The van der Waals surface area contributed by atoms with Gasteiger partial charge in [-0.05, 0) is 24.3 Å². The van der Waals surface area contributed by atoms with Crippen molar-refractivity contribution >= 4 is 33.3 Å². The third-order valence-corrected chi connectivity index (χ3v) is 5.58. The van der Waals surface area contributed by atoms with Crippen LogP contribution in [0, 0.1) is 0 Å². The Morgan fingerprint density at radius 1 is 1.07 bits per heavy atom. The van der Waals surface area contributed by atoms with Gasteiger partial charge in [-0.1, -0.05) is 23.7 Å². The van der Waals surface area contributed by atoms with Crippen LogP contribution in [0.4, 0.5) is 19.0 Å². The number of anilines is 1. The molecule has 0 aliphatic carbocycles. The number of nitrogens with zero attached hydrogens (tertiary/aromatic N) is 1. The first-order valence-corrected chi connectivity index (χ1v) is 10.2. The highest BCUT2D eigenvalue weighted by Gasteiger charge is 2.33. The molecular formula is C17H18ClF3N4O3S. The Bertz CT molecular complexity index is 955. The predicted octanol–water partition coefficient (Wildman–Crippen LogP) is 2.65. The fourth-order valence-electron chi connectivity index (χ4n) is 2.29. The molecule has 0 aliphatic heterocycles. The Balaban J connectivity index is 1.74. The maximum absolute atomic E-state index is 12.9. The number of amides is 1. The minimum atomic E-state index is -4.54. The van der Waals surface area contributed by atoms with Crippen LogP contribution in [0.1, 0.15) is 12.0 Å². The van der Waals surface area contributed by atoms with E-state index < -0.39 is 27.7 Å². The van der Waals surface area contributed by atoms with E-state index in [1.807, 2.05) is 0 Å². The van der Waals surface area contributed by atoms with Gasteiger partial charge in [-0.2, -0.15) is 13.2 Å². The highest BCUT2D eigenvalue weighted by Crippen LogP contribution is 2.33. The number of nitrogens with one attached hydrogen (secondary N) is 3. The summed E-state index contributed by atoms with van der Waals surface area (Å²) in [6.45, 7) is -0.119. The summed E-state index contributed by atoms with van der Waals surface area (Å²) >= 11 is 5.84. The number of aromatic nitrogens is 1. The van der Waals surface area contributed by atoms with Gasteiger partial charge < -0.3 is 10.6 Å². The van der Waals surface area contributed by atoms with Crippen molar-refractivity contribution in [1.82, 2.24) is 15.0 Å². The summed E-state index contributed by atoms with van der Waals surface area (Å²) < 4.78 is 65.1. The average molecular weight is 451 g/mol. The van der Waals surface area contributed by atoms with Gasteiger partial charge >= 0.3 is 6.18 Å². The number of pyridine rings is 1. The number of benzene rings is 1. The molecule has 1 heterocycles. The van der Waals surface area contributed by atoms with Crippen molar-refractivity contribution in [3.63, 3.8) is 0 Å². The Kier molecular flexibility index (Phi) is 7.82. The number of sulfonamides is 1. The molecule has 0 fully saturated rings. The highest BCUT2D eigenvalue weighted by molar-refractivity contribution is 7.89. The van der Waals surface area contributed by atoms with Gasteiger partial charge in [0.1, 0.15) is 10.7 Å². The molecule has 3 N–H and O–H groups in total. The lowest BCUT2D eigenvalue weighted by Crippen LogP contribution is -2.33. The van der Waals surface area contributed by atoms with E-state index in [1.54, 1.807) is 6.07 Å². The summed E-state index contributed by atoms with van der Waals surface area (Å²) in [5, 5.41) is 5.05. The molecule has 1 aromatic heterocycles. The second-order valence-corrected chi connectivity index (χ2v) is 7.89. The molecule has 29 heavy (non-hydrogen) atoms. The molecule has 2 aromatic rings. The molecule has 12 heteroatoms. The Morgan fingerprint density at radius 2 is 1.79 bits per heavy atom. The second-order valence-electron chi connectivity index (χ2n) is 5.75. The lowest BCUT2D eigenvalue weighted by atomic mass is 10.2. The van der Waals surface area contributed by atoms with Crippen LogP contribution in [0.3, 0.4) is 0 Å². The summed E-state index contributed by atoms with van der Waals surface area (Å²) in [5.41, 5.74) is -0.902. The standard InChI is InChI=1S/C17H18ClF3N4O3S/c18-13-5-1-2-6-14(13)29(27,28)25-9-7-15(26)22-10-11-24-16-12(17(19,20)21)4-3-8-23-16/h1-6,8,25H,7,9-11H2,(H,22,26)(H,23,24). The molecule has 2 rings (SSSR count). The largest absolute Gasteiger partial charge is 0.419 e. The summed E-state index contributed by atoms with van der Waals surface area (Å²) in [7, 11) is -3.86. The van der Waals surface area contributed by atoms with Crippen LogP contribution in [0.2, 0.25) is 5.02 Å². The third kappa shape index (κ3) is 6.87. The quantitative estimate of drug-likeness (QED) is 0.510. The van der Waals surface area contributed by atoms with E-state index >= 15 is 0 Å². The zero-order valence-corrected chi connectivity index (χ0v) is 16.5. The molecule has 1 aromatic carbocycles. The van der Waals surface area contributed by atoms with Crippen molar-refractivity contribution in [1.29, 1.82) is 0 Å². The first kappa shape index (κ1) is 22.9. The topological polar surface area (TPSA) is 100 Å². The van der Waals surface area contributed by atoms with Gasteiger partial charge in [-0.15, -0.1) is 0 Å². The lowest BCUT2D eigenvalue weighted by Gasteiger charge is -2.13. The minimum absolute atomic E-state index is 0.0111. The first-order valence-electron chi connectivity index (χ1n) is 8.38. The molecule has 0 spiro atoms. The molecule has 0 aliphatic rings. The molecule has 0 unspecified atom stereocenters. The van der Waals surface area contributed by atoms with Crippen LogP contribution in [0.25, 0.3) is 0 Å². The number of carbonyl (C=O) groups excluding carboxylic acids is 1. The molecule has 158 valence electrons. The Labute approximate surface area is 170 Å². The van der Waals surface area contributed by atoms with Crippen LogP contribution < -0.4 is 15.4 Å². The van der Waals surface area contributed by atoms with Gasteiger partial charge in [-0.3, -0.25) is 4.79 Å². The predicted molar refractivity (Wildman–Crippen MR) is 102 cm³/mol. The maximum Gasteiger partial charge on any atom is 0.419 e. The van der Waals surface area contributed by atoms with E-state index in [4.69, 9.17) is 11.6 Å². The van der Waals surface area contributed by atoms with Gasteiger partial charge in [0.2, 0.25) is 15.9 Å².